The first-order valence-corrected chi connectivity index (χ1v) is 11.8. The van der Waals surface area contributed by atoms with Gasteiger partial charge in [0.2, 0.25) is 0 Å². The minimum atomic E-state index is -0.252. The number of rotatable bonds is 6. The molecular weight excluding hydrogens is 574 g/mol. The molecule has 0 aliphatic carbocycles. The maximum Gasteiger partial charge on any atom is 0.282 e. The number of fused-ring (bicyclic) bond motifs is 1. The molecular formula is C24H18Br2ClN3O3. The summed E-state index contributed by atoms with van der Waals surface area (Å²) in [6, 6.07) is 16.4. The van der Waals surface area contributed by atoms with Gasteiger partial charge >= 0.3 is 0 Å². The van der Waals surface area contributed by atoms with Gasteiger partial charge in [0.1, 0.15) is 12.4 Å². The highest BCUT2D eigenvalue weighted by atomic mass is 79.9. The molecule has 0 N–H and O–H groups in total. The van der Waals surface area contributed by atoms with Crippen LogP contribution in [0.5, 0.6) is 11.5 Å². The van der Waals surface area contributed by atoms with E-state index in [9.17, 15) is 4.79 Å². The largest absolute Gasteiger partial charge is 0.493 e. The van der Waals surface area contributed by atoms with Crippen molar-refractivity contribution in [2.75, 3.05) is 7.11 Å². The molecule has 33 heavy (non-hydrogen) atoms. The average Bonchev–Trinajstić information content (AvgIpc) is 2.80. The third-order valence-electron chi connectivity index (χ3n) is 4.91. The Labute approximate surface area is 212 Å². The van der Waals surface area contributed by atoms with E-state index >= 15 is 0 Å². The van der Waals surface area contributed by atoms with Crippen LogP contribution < -0.4 is 15.0 Å². The van der Waals surface area contributed by atoms with Crippen LogP contribution in [0.15, 0.2) is 73.4 Å². The van der Waals surface area contributed by atoms with Crippen LogP contribution >= 0.6 is 43.5 Å². The summed E-state index contributed by atoms with van der Waals surface area (Å²) in [5.41, 5.74) is 1.94. The van der Waals surface area contributed by atoms with Crippen LogP contribution in [0.1, 0.15) is 17.0 Å². The van der Waals surface area contributed by atoms with E-state index in [2.05, 4.69) is 41.9 Å². The van der Waals surface area contributed by atoms with Gasteiger partial charge in [-0.15, -0.1) is 0 Å². The molecule has 0 unspecified atom stereocenters. The fourth-order valence-electron chi connectivity index (χ4n) is 3.21. The van der Waals surface area contributed by atoms with Crippen LogP contribution in [0.2, 0.25) is 5.02 Å². The van der Waals surface area contributed by atoms with E-state index in [1.165, 1.54) is 4.68 Å². The summed E-state index contributed by atoms with van der Waals surface area (Å²) < 4.78 is 14.2. The summed E-state index contributed by atoms with van der Waals surface area (Å²) in [6.45, 7) is 2.03. The lowest BCUT2D eigenvalue weighted by Gasteiger charge is -2.13. The van der Waals surface area contributed by atoms with E-state index in [4.69, 9.17) is 21.1 Å². The maximum absolute atomic E-state index is 13.0. The molecule has 0 aliphatic rings. The van der Waals surface area contributed by atoms with Crippen molar-refractivity contribution in [3.63, 3.8) is 0 Å². The number of hydrogen-bond acceptors (Lipinski definition) is 5. The van der Waals surface area contributed by atoms with Gasteiger partial charge < -0.3 is 9.47 Å². The lowest BCUT2D eigenvalue weighted by atomic mass is 10.2. The van der Waals surface area contributed by atoms with E-state index in [0.29, 0.717) is 45.4 Å². The predicted molar refractivity (Wildman–Crippen MR) is 138 cm³/mol. The fraction of sp³-hybridized carbons (Fsp3) is 0.125. The van der Waals surface area contributed by atoms with E-state index in [-0.39, 0.29) is 5.56 Å². The van der Waals surface area contributed by atoms with Crippen LogP contribution in [-0.4, -0.2) is 23.0 Å². The minimum Gasteiger partial charge on any atom is -0.493 e. The van der Waals surface area contributed by atoms with Crippen molar-refractivity contribution in [1.29, 1.82) is 0 Å². The quantitative estimate of drug-likeness (QED) is 0.245. The second-order valence-electron chi connectivity index (χ2n) is 7.09. The standard InChI is InChI=1S/C24H18Br2ClN3O3/c1-14-29-21-8-7-17(25)10-18(21)24(31)30(14)28-12-16-9-22(32-2)23(11-19(16)26)33-13-15-5-3-4-6-20(15)27/h3-12H,13H2,1-2H3. The average molecular weight is 592 g/mol. The third-order valence-corrected chi connectivity index (χ3v) is 6.46. The third kappa shape index (κ3) is 5.13. The normalized spacial score (nSPS) is 11.3. The van der Waals surface area contributed by atoms with Crippen LogP contribution in [0.25, 0.3) is 10.9 Å². The number of nitrogens with zero attached hydrogens (tertiary/aromatic N) is 3. The summed E-state index contributed by atoms with van der Waals surface area (Å²) in [4.78, 5) is 17.4. The zero-order chi connectivity index (χ0) is 23.5. The first-order valence-electron chi connectivity index (χ1n) is 9.84. The lowest BCUT2D eigenvalue weighted by Crippen LogP contribution is -2.20. The Balaban J connectivity index is 1.65. The number of aromatic nitrogens is 2. The summed E-state index contributed by atoms with van der Waals surface area (Å²) in [5.74, 6) is 1.55. The first kappa shape index (κ1) is 23.5. The topological polar surface area (TPSA) is 65.7 Å². The molecule has 0 amide bonds. The monoisotopic (exact) mass is 589 g/mol. The number of ether oxygens (including phenoxy) is 2. The van der Waals surface area contributed by atoms with Crippen LogP contribution in [-0.2, 0) is 6.61 Å². The van der Waals surface area contributed by atoms with Crippen LogP contribution in [0.3, 0.4) is 0 Å². The summed E-state index contributed by atoms with van der Waals surface area (Å²) in [6.07, 6.45) is 1.57. The van der Waals surface area contributed by atoms with E-state index in [1.54, 1.807) is 44.5 Å². The molecule has 1 heterocycles. The van der Waals surface area contributed by atoms with Crippen molar-refractivity contribution in [2.45, 2.75) is 13.5 Å². The number of halogens is 3. The van der Waals surface area contributed by atoms with Gasteiger partial charge in [0.25, 0.3) is 5.56 Å². The Morgan fingerprint density at radius 1 is 1.12 bits per heavy atom. The molecule has 4 aromatic rings. The molecule has 0 saturated heterocycles. The Kier molecular flexibility index (Phi) is 7.17. The molecule has 9 heteroatoms. The molecule has 0 spiro atoms. The smallest absolute Gasteiger partial charge is 0.282 e. The number of benzene rings is 3. The summed E-state index contributed by atoms with van der Waals surface area (Å²) >= 11 is 13.2. The Morgan fingerprint density at radius 3 is 2.67 bits per heavy atom. The van der Waals surface area contributed by atoms with Crippen molar-refractivity contribution in [2.24, 2.45) is 5.10 Å². The molecule has 0 fully saturated rings. The van der Waals surface area contributed by atoms with Gasteiger partial charge in [0.15, 0.2) is 11.5 Å². The maximum atomic E-state index is 13.0. The number of aryl methyl sites for hydroxylation is 1. The summed E-state index contributed by atoms with van der Waals surface area (Å²) in [7, 11) is 1.56. The van der Waals surface area contributed by atoms with E-state index < -0.39 is 0 Å². The van der Waals surface area contributed by atoms with Gasteiger partial charge in [-0.05, 0) is 59.3 Å². The molecule has 3 aromatic carbocycles. The SMILES string of the molecule is COc1cc(C=Nn2c(C)nc3ccc(Br)cc3c2=O)c(Br)cc1OCc1ccccc1Cl. The Morgan fingerprint density at radius 2 is 1.91 bits per heavy atom. The van der Waals surface area contributed by atoms with Crippen molar-refractivity contribution >= 4 is 60.6 Å². The van der Waals surface area contributed by atoms with Crippen molar-refractivity contribution < 1.29 is 9.47 Å². The zero-order valence-electron chi connectivity index (χ0n) is 17.7. The van der Waals surface area contributed by atoms with E-state index in [1.807, 2.05) is 30.3 Å². The Bertz CT molecular complexity index is 1440. The van der Waals surface area contributed by atoms with Gasteiger partial charge in [-0.2, -0.15) is 9.78 Å². The molecule has 0 aliphatic heterocycles. The predicted octanol–water partition coefficient (Wildman–Crippen LogP) is 6.35. The van der Waals surface area contributed by atoms with Crippen LogP contribution in [0.4, 0.5) is 0 Å². The van der Waals surface area contributed by atoms with Gasteiger partial charge in [-0.25, -0.2) is 4.98 Å². The molecule has 0 bridgehead atoms. The van der Waals surface area contributed by atoms with Gasteiger partial charge in [-0.1, -0.05) is 45.7 Å². The fourth-order valence-corrected chi connectivity index (χ4v) is 4.18. The molecule has 6 nitrogen and oxygen atoms in total. The first-order chi connectivity index (χ1) is 15.9. The second-order valence-corrected chi connectivity index (χ2v) is 9.26. The van der Waals surface area contributed by atoms with Crippen molar-refractivity contribution in [3.05, 3.63) is 95.9 Å². The molecule has 0 saturated carbocycles. The molecule has 168 valence electrons. The van der Waals surface area contributed by atoms with Gasteiger partial charge in [0.05, 0.1) is 24.2 Å². The zero-order valence-corrected chi connectivity index (χ0v) is 21.6. The van der Waals surface area contributed by atoms with Crippen molar-refractivity contribution in [1.82, 2.24) is 9.66 Å². The van der Waals surface area contributed by atoms with Gasteiger partial charge in [0, 0.05) is 25.1 Å². The highest BCUT2D eigenvalue weighted by Gasteiger charge is 2.12. The molecule has 0 radical (unpaired) electrons. The van der Waals surface area contributed by atoms with Crippen LogP contribution in [0, 0.1) is 6.92 Å². The molecule has 0 atom stereocenters. The number of methoxy groups -OCH3 is 1. The Hall–Kier alpha value is -2.68. The second kappa shape index (κ2) is 10.1. The highest BCUT2D eigenvalue weighted by molar-refractivity contribution is 9.10. The number of hydrogen-bond donors (Lipinski definition) is 0. The van der Waals surface area contributed by atoms with Gasteiger partial charge in [-0.3, -0.25) is 4.79 Å². The highest BCUT2D eigenvalue weighted by Crippen LogP contribution is 2.34. The minimum absolute atomic E-state index is 0.252. The summed E-state index contributed by atoms with van der Waals surface area (Å²) in [5, 5.41) is 5.50. The van der Waals surface area contributed by atoms with Crippen molar-refractivity contribution in [3.8, 4) is 11.5 Å². The van der Waals surface area contributed by atoms with E-state index in [0.717, 1.165) is 14.5 Å². The molecule has 1 aromatic heterocycles. The lowest BCUT2D eigenvalue weighted by molar-refractivity contribution is 0.284. The molecule has 4 rings (SSSR count).